The number of aliphatic imine (C=N–C) groups is 1. The highest BCUT2D eigenvalue weighted by atomic mass is 127. The number of nitrogens with zero attached hydrogens (tertiary/aromatic N) is 2. The Kier molecular flexibility index (Phi) is 10.0. The van der Waals surface area contributed by atoms with Crippen molar-refractivity contribution in [3.8, 4) is 0 Å². The normalized spacial score (nSPS) is 12.4. The summed E-state index contributed by atoms with van der Waals surface area (Å²) in [6, 6.07) is 5.03. The maximum atomic E-state index is 10.3. The molecule has 0 aliphatic carbocycles. The molecule has 0 aliphatic rings. The van der Waals surface area contributed by atoms with E-state index in [1.54, 1.807) is 29.5 Å². The summed E-state index contributed by atoms with van der Waals surface area (Å²) in [6.07, 6.45) is -0.741. The topological polar surface area (TPSA) is 69.5 Å². The summed E-state index contributed by atoms with van der Waals surface area (Å²) in [7, 11) is 0. The van der Waals surface area contributed by atoms with Crippen molar-refractivity contribution in [2.75, 3.05) is 13.1 Å². The van der Waals surface area contributed by atoms with E-state index in [-0.39, 0.29) is 24.0 Å². The largest absolute Gasteiger partial charge is 0.387 e. The third kappa shape index (κ3) is 7.26. The Bertz CT molecular complexity index is 691. The van der Waals surface area contributed by atoms with Crippen LogP contribution in [0.15, 0.2) is 28.7 Å². The standard InChI is InChI=1S/C16H20Cl2N4OS.HI/c1-3-19-16(21-8-15-10(2)22-9-24-15)20-7-14(23)11-4-12(17)6-13(18)5-11;/h4-6,9,14,23H,3,7-8H2,1-2H3,(H2,19,20,21);1H. The lowest BCUT2D eigenvalue weighted by atomic mass is 10.1. The number of hydrogen-bond donors (Lipinski definition) is 3. The molecule has 2 aromatic rings. The first-order chi connectivity index (χ1) is 11.5. The van der Waals surface area contributed by atoms with Gasteiger partial charge in [-0.1, -0.05) is 23.2 Å². The van der Waals surface area contributed by atoms with Gasteiger partial charge in [0.1, 0.15) is 0 Å². The van der Waals surface area contributed by atoms with E-state index in [9.17, 15) is 5.11 Å². The predicted octanol–water partition coefficient (Wildman–Crippen LogP) is 4.17. The van der Waals surface area contributed by atoms with Crippen LogP contribution in [-0.2, 0) is 6.54 Å². The second-order valence-electron chi connectivity index (χ2n) is 5.16. The third-order valence-corrected chi connectivity index (χ3v) is 4.66. The number of nitrogens with one attached hydrogen (secondary N) is 2. The van der Waals surface area contributed by atoms with Gasteiger partial charge in [-0.15, -0.1) is 35.3 Å². The minimum absolute atomic E-state index is 0. The van der Waals surface area contributed by atoms with Gasteiger partial charge in [-0.2, -0.15) is 0 Å². The van der Waals surface area contributed by atoms with E-state index in [0.717, 1.165) is 17.1 Å². The number of halogens is 3. The van der Waals surface area contributed by atoms with Crippen molar-refractivity contribution >= 4 is 64.5 Å². The second-order valence-corrected chi connectivity index (χ2v) is 6.97. The molecule has 1 unspecified atom stereocenters. The number of benzene rings is 1. The molecule has 0 fully saturated rings. The van der Waals surface area contributed by atoms with Gasteiger partial charge in [0.25, 0.3) is 0 Å². The SMILES string of the molecule is CCNC(=NCc1scnc1C)NCC(O)c1cc(Cl)cc(Cl)c1.I. The van der Waals surface area contributed by atoms with Gasteiger partial charge in [-0.25, -0.2) is 9.98 Å². The Balaban J connectivity index is 0.00000312. The molecule has 1 aromatic heterocycles. The van der Waals surface area contributed by atoms with Crippen LogP contribution >= 0.6 is 58.5 Å². The molecule has 2 rings (SSSR count). The molecule has 0 amide bonds. The van der Waals surface area contributed by atoms with Crippen LogP contribution in [0.5, 0.6) is 0 Å². The summed E-state index contributed by atoms with van der Waals surface area (Å²) in [5, 5.41) is 17.6. The Morgan fingerprint density at radius 2 is 1.96 bits per heavy atom. The van der Waals surface area contributed by atoms with E-state index in [1.807, 2.05) is 19.4 Å². The van der Waals surface area contributed by atoms with Gasteiger partial charge in [-0.3, -0.25) is 0 Å². The zero-order valence-electron chi connectivity index (χ0n) is 13.9. The van der Waals surface area contributed by atoms with E-state index in [0.29, 0.717) is 34.7 Å². The quantitative estimate of drug-likeness (QED) is 0.307. The van der Waals surface area contributed by atoms with Crippen molar-refractivity contribution in [1.82, 2.24) is 15.6 Å². The summed E-state index contributed by atoms with van der Waals surface area (Å²) in [6.45, 7) is 5.53. The maximum Gasteiger partial charge on any atom is 0.191 e. The molecular formula is C16H21Cl2IN4OS. The van der Waals surface area contributed by atoms with Gasteiger partial charge in [0.15, 0.2) is 5.96 Å². The minimum atomic E-state index is -0.741. The van der Waals surface area contributed by atoms with Crippen LogP contribution in [0.3, 0.4) is 0 Å². The average Bonchev–Trinajstić information content (AvgIpc) is 2.94. The molecule has 0 aliphatic heterocycles. The number of aliphatic hydroxyl groups is 1. The molecule has 3 N–H and O–H groups in total. The molecule has 0 saturated carbocycles. The first-order valence-corrected chi connectivity index (χ1v) is 9.18. The van der Waals surface area contributed by atoms with Crippen LogP contribution in [0, 0.1) is 6.92 Å². The monoisotopic (exact) mass is 514 g/mol. The third-order valence-electron chi connectivity index (χ3n) is 3.30. The number of thiazole rings is 1. The lowest BCUT2D eigenvalue weighted by Gasteiger charge is -2.16. The number of aryl methyl sites for hydroxylation is 1. The molecule has 0 spiro atoms. The highest BCUT2D eigenvalue weighted by Crippen LogP contribution is 2.23. The fourth-order valence-electron chi connectivity index (χ4n) is 2.05. The molecule has 5 nitrogen and oxygen atoms in total. The van der Waals surface area contributed by atoms with Crippen molar-refractivity contribution in [2.45, 2.75) is 26.5 Å². The van der Waals surface area contributed by atoms with Crippen LogP contribution in [0.1, 0.15) is 29.2 Å². The summed E-state index contributed by atoms with van der Waals surface area (Å²) in [5.41, 5.74) is 3.47. The molecular weight excluding hydrogens is 494 g/mol. The van der Waals surface area contributed by atoms with Crippen molar-refractivity contribution in [1.29, 1.82) is 0 Å². The zero-order chi connectivity index (χ0) is 17.5. The Morgan fingerprint density at radius 3 is 2.52 bits per heavy atom. The summed E-state index contributed by atoms with van der Waals surface area (Å²) < 4.78 is 0. The molecule has 0 bridgehead atoms. The zero-order valence-corrected chi connectivity index (χ0v) is 18.6. The number of aliphatic hydroxyl groups excluding tert-OH is 1. The van der Waals surface area contributed by atoms with Crippen molar-refractivity contribution in [3.63, 3.8) is 0 Å². The predicted molar refractivity (Wildman–Crippen MR) is 117 cm³/mol. The number of rotatable bonds is 6. The minimum Gasteiger partial charge on any atom is -0.387 e. The highest BCUT2D eigenvalue weighted by Gasteiger charge is 2.10. The lowest BCUT2D eigenvalue weighted by Crippen LogP contribution is -2.39. The fourth-order valence-corrected chi connectivity index (χ4v) is 3.29. The first-order valence-electron chi connectivity index (χ1n) is 7.54. The van der Waals surface area contributed by atoms with Gasteiger partial charge >= 0.3 is 0 Å². The van der Waals surface area contributed by atoms with Crippen LogP contribution < -0.4 is 10.6 Å². The average molecular weight is 515 g/mol. The van der Waals surface area contributed by atoms with Gasteiger partial charge < -0.3 is 15.7 Å². The van der Waals surface area contributed by atoms with E-state index in [4.69, 9.17) is 23.2 Å². The lowest BCUT2D eigenvalue weighted by molar-refractivity contribution is 0.181. The first kappa shape index (κ1) is 22.4. The fraction of sp³-hybridized carbons (Fsp3) is 0.375. The smallest absolute Gasteiger partial charge is 0.191 e. The van der Waals surface area contributed by atoms with E-state index < -0.39 is 6.10 Å². The van der Waals surface area contributed by atoms with Crippen LogP contribution in [0.2, 0.25) is 10.0 Å². The van der Waals surface area contributed by atoms with E-state index >= 15 is 0 Å². The summed E-state index contributed by atoms with van der Waals surface area (Å²) >= 11 is 13.5. The molecule has 25 heavy (non-hydrogen) atoms. The van der Waals surface area contributed by atoms with Crippen LogP contribution in [-0.4, -0.2) is 29.1 Å². The van der Waals surface area contributed by atoms with Gasteiger partial charge in [0.2, 0.25) is 0 Å². The Morgan fingerprint density at radius 1 is 1.28 bits per heavy atom. The molecule has 1 aromatic carbocycles. The molecule has 9 heteroatoms. The van der Waals surface area contributed by atoms with Crippen molar-refractivity contribution in [2.24, 2.45) is 4.99 Å². The number of hydrogen-bond acceptors (Lipinski definition) is 4. The Labute approximate surface area is 178 Å². The molecule has 0 radical (unpaired) electrons. The van der Waals surface area contributed by atoms with Crippen molar-refractivity contribution in [3.05, 3.63) is 49.9 Å². The van der Waals surface area contributed by atoms with Crippen molar-refractivity contribution < 1.29 is 5.11 Å². The molecule has 1 heterocycles. The van der Waals surface area contributed by atoms with Crippen LogP contribution in [0.25, 0.3) is 0 Å². The highest BCUT2D eigenvalue weighted by molar-refractivity contribution is 14.0. The van der Waals surface area contributed by atoms with Gasteiger partial charge in [0.05, 0.1) is 23.9 Å². The van der Waals surface area contributed by atoms with Crippen LogP contribution in [0.4, 0.5) is 0 Å². The van der Waals surface area contributed by atoms with E-state index in [2.05, 4.69) is 20.6 Å². The molecule has 0 saturated heterocycles. The summed E-state index contributed by atoms with van der Waals surface area (Å²) in [5.74, 6) is 0.637. The second kappa shape index (κ2) is 11.2. The number of guanidine groups is 1. The maximum absolute atomic E-state index is 10.3. The van der Waals surface area contributed by atoms with E-state index in [1.165, 1.54) is 0 Å². The molecule has 1 atom stereocenters. The number of aromatic nitrogens is 1. The van der Waals surface area contributed by atoms with Gasteiger partial charge in [0, 0.05) is 28.0 Å². The summed E-state index contributed by atoms with van der Waals surface area (Å²) in [4.78, 5) is 9.85. The molecule has 138 valence electrons. The van der Waals surface area contributed by atoms with Gasteiger partial charge in [-0.05, 0) is 37.6 Å². The Hall–Kier alpha value is -0.610.